The van der Waals surface area contributed by atoms with Gasteiger partial charge in [0.05, 0.1) is 17.5 Å². The van der Waals surface area contributed by atoms with Crippen LogP contribution in [0.1, 0.15) is 36.0 Å². The number of imide groups is 1. The summed E-state index contributed by atoms with van der Waals surface area (Å²) >= 11 is 0. The highest BCUT2D eigenvalue weighted by molar-refractivity contribution is 6.22. The van der Waals surface area contributed by atoms with Crippen LogP contribution in [0.3, 0.4) is 0 Å². The Morgan fingerprint density at radius 3 is 1.96 bits per heavy atom. The SMILES string of the molecule is CN1CCN(C(=O)c2ccc(N3C(=O)[C@H]4CCCC[C@@H]4C3=O)cc2)CC1. The van der Waals surface area contributed by atoms with Crippen molar-refractivity contribution in [3.63, 3.8) is 0 Å². The molecule has 4 rings (SSSR count). The number of carbonyl (C=O) groups excluding carboxylic acids is 3. The molecule has 0 spiro atoms. The van der Waals surface area contributed by atoms with Gasteiger partial charge in [0.15, 0.2) is 0 Å². The van der Waals surface area contributed by atoms with Gasteiger partial charge in [-0.25, -0.2) is 0 Å². The molecule has 2 atom stereocenters. The van der Waals surface area contributed by atoms with E-state index in [4.69, 9.17) is 0 Å². The van der Waals surface area contributed by atoms with Crippen LogP contribution in [0.15, 0.2) is 24.3 Å². The molecule has 138 valence electrons. The maximum atomic E-state index is 12.7. The van der Waals surface area contributed by atoms with Gasteiger partial charge >= 0.3 is 0 Å². The van der Waals surface area contributed by atoms with E-state index < -0.39 is 0 Å². The van der Waals surface area contributed by atoms with E-state index in [1.54, 1.807) is 24.3 Å². The molecule has 26 heavy (non-hydrogen) atoms. The lowest BCUT2D eigenvalue weighted by molar-refractivity contribution is -0.122. The summed E-state index contributed by atoms with van der Waals surface area (Å²) < 4.78 is 0. The number of carbonyl (C=O) groups is 3. The number of hydrogen-bond donors (Lipinski definition) is 0. The maximum Gasteiger partial charge on any atom is 0.253 e. The van der Waals surface area contributed by atoms with Crippen LogP contribution in [-0.2, 0) is 9.59 Å². The molecule has 1 aromatic carbocycles. The van der Waals surface area contributed by atoms with Gasteiger partial charge in [0.25, 0.3) is 5.91 Å². The Balaban J connectivity index is 1.50. The zero-order valence-corrected chi connectivity index (χ0v) is 15.2. The first-order chi connectivity index (χ1) is 12.6. The van der Waals surface area contributed by atoms with E-state index in [0.717, 1.165) is 51.9 Å². The first kappa shape index (κ1) is 17.2. The average Bonchev–Trinajstić information content (AvgIpc) is 2.93. The van der Waals surface area contributed by atoms with Gasteiger partial charge in [0.2, 0.25) is 11.8 Å². The lowest BCUT2D eigenvalue weighted by Crippen LogP contribution is -2.47. The van der Waals surface area contributed by atoms with Gasteiger partial charge in [-0.05, 0) is 44.2 Å². The third-order valence-corrected chi connectivity index (χ3v) is 6.00. The van der Waals surface area contributed by atoms with Crippen molar-refractivity contribution in [2.75, 3.05) is 38.1 Å². The Kier molecular flexibility index (Phi) is 4.53. The van der Waals surface area contributed by atoms with E-state index in [1.165, 1.54) is 4.90 Å². The molecule has 0 aromatic heterocycles. The van der Waals surface area contributed by atoms with Gasteiger partial charge in [0, 0.05) is 31.7 Å². The van der Waals surface area contributed by atoms with Crippen molar-refractivity contribution >= 4 is 23.4 Å². The summed E-state index contributed by atoms with van der Waals surface area (Å²) in [4.78, 5) is 43.4. The molecule has 0 radical (unpaired) electrons. The molecule has 0 bridgehead atoms. The molecule has 1 aromatic rings. The van der Waals surface area contributed by atoms with E-state index in [-0.39, 0.29) is 29.6 Å². The Bertz CT molecular complexity index is 698. The fourth-order valence-electron chi connectivity index (χ4n) is 4.36. The molecule has 2 heterocycles. The molecule has 1 aliphatic carbocycles. The van der Waals surface area contributed by atoms with Crippen molar-refractivity contribution in [1.29, 1.82) is 0 Å². The van der Waals surface area contributed by atoms with Crippen molar-refractivity contribution in [2.24, 2.45) is 11.8 Å². The lowest BCUT2D eigenvalue weighted by atomic mass is 9.81. The van der Waals surface area contributed by atoms with Crippen molar-refractivity contribution < 1.29 is 14.4 Å². The third kappa shape index (κ3) is 2.92. The summed E-state index contributed by atoms with van der Waals surface area (Å²) in [5.41, 5.74) is 1.19. The number of nitrogens with zero attached hydrogens (tertiary/aromatic N) is 3. The number of hydrogen-bond acceptors (Lipinski definition) is 4. The minimum absolute atomic E-state index is 0.0115. The summed E-state index contributed by atoms with van der Waals surface area (Å²) in [6.45, 7) is 3.21. The quantitative estimate of drug-likeness (QED) is 0.759. The second kappa shape index (κ2) is 6.83. The highest BCUT2D eigenvalue weighted by Crippen LogP contribution is 2.40. The minimum Gasteiger partial charge on any atom is -0.336 e. The minimum atomic E-state index is -0.150. The number of piperazine rings is 1. The van der Waals surface area contributed by atoms with Gasteiger partial charge in [-0.15, -0.1) is 0 Å². The topological polar surface area (TPSA) is 60.9 Å². The van der Waals surface area contributed by atoms with E-state index in [0.29, 0.717) is 11.3 Å². The van der Waals surface area contributed by atoms with E-state index in [9.17, 15) is 14.4 Å². The molecule has 3 fully saturated rings. The van der Waals surface area contributed by atoms with E-state index in [2.05, 4.69) is 11.9 Å². The number of rotatable bonds is 2. The smallest absolute Gasteiger partial charge is 0.253 e. The van der Waals surface area contributed by atoms with Crippen LogP contribution in [0.2, 0.25) is 0 Å². The van der Waals surface area contributed by atoms with Gasteiger partial charge in [-0.3, -0.25) is 19.3 Å². The Hall–Kier alpha value is -2.21. The largest absolute Gasteiger partial charge is 0.336 e. The van der Waals surface area contributed by atoms with Crippen LogP contribution in [0.5, 0.6) is 0 Å². The summed E-state index contributed by atoms with van der Waals surface area (Å²) in [7, 11) is 2.05. The van der Waals surface area contributed by atoms with Crippen LogP contribution >= 0.6 is 0 Å². The summed E-state index contributed by atoms with van der Waals surface area (Å²) in [6.07, 6.45) is 3.66. The molecule has 1 saturated carbocycles. The van der Waals surface area contributed by atoms with Crippen molar-refractivity contribution in [3.8, 4) is 0 Å². The highest BCUT2D eigenvalue weighted by Gasteiger charge is 2.48. The third-order valence-electron chi connectivity index (χ3n) is 6.00. The van der Waals surface area contributed by atoms with Gasteiger partial charge in [0.1, 0.15) is 0 Å². The monoisotopic (exact) mass is 355 g/mol. The zero-order valence-electron chi connectivity index (χ0n) is 15.2. The molecule has 2 saturated heterocycles. The molecule has 3 amide bonds. The first-order valence-corrected chi connectivity index (χ1v) is 9.52. The second-order valence-electron chi connectivity index (χ2n) is 7.65. The normalized spacial score (nSPS) is 27.0. The lowest BCUT2D eigenvalue weighted by Gasteiger charge is -2.32. The van der Waals surface area contributed by atoms with Crippen molar-refractivity contribution in [3.05, 3.63) is 29.8 Å². The number of likely N-dealkylation sites (N-methyl/N-ethyl adjacent to an activating group) is 1. The zero-order chi connectivity index (χ0) is 18.3. The predicted octanol–water partition coefficient (Wildman–Crippen LogP) is 1.75. The molecule has 6 nitrogen and oxygen atoms in total. The number of amides is 3. The number of fused-ring (bicyclic) bond motifs is 1. The first-order valence-electron chi connectivity index (χ1n) is 9.52. The number of benzene rings is 1. The van der Waals surface area contributed by atoms with Crippen LogP contribution in [0, 0.1) is 11.8 Å². The molecule has 6 heteroatoms. The molecular weight excluding hydrogens is 330 g/mol. The molecule has 0 unspecified atom stereocenters. The highest BCUT2D eigenvalue weighted by atomic mass is 16.2. The Morgan fingerprint density at radius 2 is 1.42 bits per heavy atom. The van der Waals surface area contributed by atoms with Crippen LogP contribution < -0.4 is 4.90 Å². The van der Waals surface area contributed by atoms with Gasteiger partial charge in [-0.2, -0.15) is 0 Å². The second-order valence-corrected chi connectivity index (χ2v) is 7.65. The van der Waals surface area contributed by atoms with Crippen molar-refractivity contribution in [1.82, 2.24) is 9.80 Å². The Labute approximate surface area is 153 Å². The summed E-state index contributed by atoms with van der Waals surface area (Å²) in [5.74, 6) is -0.432. The molecular formula is C20H25N3O3. The van der Waals surface area contributed by atoms with Crippen LogP contribution in [0.4, 0.5) is 5.69 Å². The van der Waals surface area contributed by atoms with E-state index >= 15 is 0 Å². The van der Waals surface area contributed by atoms with Gasteiger partial charge in [-0.1, -0.05) is 12.8 Å². The van der Waals surface area contributed by atoms with Crippen molar-refractivity contribution in [2.45, 2.75) is 25.7 Å². The molecule has 2 aliphatic heterocycles. The fourth-order valence-corrected chi connectivity index (χ4v) is 4.36. The molecule has 0 N–H and O–H groups in total. The maximum absolute atomic E-state index is 12.7. The van der Waals surface area contributed by atoms with Gasteiger partial charge < -0.3 is 9.80 Å². The predicted molar refractivity (Wildman–Crippen MR) is 97.8 cm³/mol. The Morgan fingerprint density at radius 1 is 0.885 bits per heavy atom. The number of anilines is 1. The summed E-state index contributed by atoms with van der Waals surface area (Å²) in [5, 5.41) is 0. The van der Waals surface area contributed by atoms with Crippen LogP contribution in [-0.4, -0.2) is 60.7 Å². The van der Waals surface area contributed by atoms with Crippen LogP contribution in [0.25, 0.3) is 0 Å². The summed E-state index contributed by atoms with van der Waals surface area (Å²) in [6, 6.07) is 6.93. The fraction of sp³-hybridized carbons (Fsp3) is 0.550. The molecule has 3 aliphatic rings. The average molecular weight is 355 g/mol. The van der Waals surface area contributed by atoms with E-state index in [1.807, 2.05) is 4.90 Å². The standard InChI is InChI=1S/C20H25N3O3/c1-21-10-12-22(13-11-21)18(24)14-6-8-15(9-7-14)23-19(25)16-4-2-3-5-17(16)20(23)26/h6-9,16-17H,2-5,10-13H2,1H3/t16-,17-/m0/s1.